The number of nitrogens with zero attached hydrogens (tertiary/aromatic N) is 1. The third-order valence-corrected chi connectivity index (χ3v) is 4.16. The van der Waals surface area contributed by atoms with Gasteiger partial charge in [0, 0.05) is 18.7 Å². The zero-order valence-corrected chi connectivity index (χ0v) is 13.0. The van der Waals surface area contributed by atoms with Crippen molar-refractivity contribution in [3.8, 4) is 11.5 Å². The number of piperidine rings is 1. The number of rotatable bonds is 4. The monoisotopic (exact) mass is 334 g/mol. The first-order valence-electron chi connectivity index (χ1n) is 7.73. The number of carbonyl (C=O) groups excluding carboxylic acids is 2. The van der Waals surface area contributed by atoms with E-state index in [0.717, 1.165) is 0 Å². The zero-order chi connectivity index (χ0) is 17.1. The van der Waals surface area contributed by atoms with Crippen LogP contribution in [0.3, 0.4) is 0 Å². The van der Waals surface area contributed by atoms with Gasteiger partial charge in [0.05, 0.1) is 12.5 Å². The van der Waals surface area contributed by atoms with Gasteiger partial charge in [-0.1, -0.05) is 0 Å². The highest BCUT2D eigenvalue weighted by Crippen LogP contribution is 2.32. The molecule has 0 bridgehead atoms. The van der Waals surface area contributed by atoms with E-state index >= 15 is 0 Å². The van der Waals surface area contributed by atoms with Gasteiger partial charge in [0.2, 0.25) is 12.7 Å². The Balaban J connectivity index is 1.54. The Morgan fingerprint density at radius 2 is 2.04 bits per heavy atom. The molecule has 0 aromatic heterocycles. The molecule has 1 atom stereocenters. The normalized spacial score (nSPS) is 19.0. The van der Waals surface area contributed by atoms with Crippen molar-refractivity contribution >= 4 is 17.8 Å². The Kier molecular flexibility index (Phi) is 4.54. The van der Waals surface area contributed by atoms with Gasteiger partial charge >= 0.3 is 5.97 Å². The van der Waals surface area contributed by atoms with E-state index in [4.69, 9.17) is 14.6 Å². The Labute approximate surface area is 138 Å². The van der Waals surface area contributed by atoms with Crippen LogP contribution < -0.4 is 14.8 Å². The molecule has 2 aliphatic rings. The first kappa shape index (κ1) is 16.1. The molecule has 1 aromatic rings. The number of likely N-dealkylation sites (tertiary alicyclic amines) is 1. The smallest absolute Gasteiger partial charge is 0.308 e. The van der Waals surface area contributed by atoms with Crippen molar-refractivity contribution in [3.63, 3.8) is 0 Å². The molecule has 128 valence electrons. The van der Waals surface area contributed by atoms with Crippen LogP contribution in [0.25, 0.3) is 0 Å². The highest BCUT2D eigenvalue weighted by Gasteiger charge is 2.28. The van der Waals surface area contributed by atoms with Crippen LogP contribution in [-0.2, 0) is 9.59 Å². The topological polar surface area (TPSA) is 105 Å². The van der Waals surface area contributed by atoms with Crippen molar-refractivity contribution in [3.05, 3.63) is 23.8 Å². The number of carboxylic acids is 1. The Bertz CT molecular complexity index is 675. The van der Waals surface area contributed by atoms with E-state index < -0.39 is 17.8 Å². The fraction of sp³-hybridized carbons (Fsp3) is 0.438. The van der Waals surface area contributed by atoms with Gasteiger partial charge in [0.25, 0.3) is 5.91 Å². The SMILES string of the molecule is O=C(NCC(=O)N1CCCC(C(=O)O)C1)c1ccc2c(c1)OCO2. The van der Waals surface area contributed by atoms with E-state index in [1.807, 2.05) is 0 Å². The molecule has 1 fully saturated rings. The van der Waals surface area contributed by atoms with Gasteiger partial charge < -0.3 is 24.8 Å². The summed E-state index contributed by atoms with van der Waals surface area (Å²) >= 11 is 0. The maximum absolute atomic E-state index is 12.2. The number of hydrogen-bond donors (Lipinski definition) is 2. The molecule has 24 heavy (non-hydrogen) atoms. The predicted octanol–water partition coefficient (Wildman–Crippen LogP) is 0.468. The molecular formula is C16H18N2O6. The molecule has 2 N–H and O–H groups in total. The van der Waals surface area contributed by atoms with Crippen molar-refractivity contribution in [1.29, 1.82) is 0 Å². The van der Waals surface area contributed by atoms with Crippen molar-refractivity contribution in [1.82, 2.24) is 10.2 Å². The third-order valence-electron chi connectivity index (χ3n) is 4.16. The number of fused-ring (bicyclic) bond motifs is 1. The number of nitrogens with one attached hydrogen (secondary N) is 1. The Hall–Kier alpha value is -2.77. The van der Waals surface area contributed by atoms with Gasteiger partial charge in [0.1, 0.15) is 0 Å². The second-order valence-electron chi connectivity index (χ2n) is 5.77. The summed E-state index contributed by atoms with van der Waals surface area (Å²) in [4.78, 5) is 36.8. The summed E-state index contributed by atoms with van der Waals surface area (Å²) in [6.45, 7) is 0.661. The second-order valence-corrected chi connectivity index (χ2v) is 5.77. The number of amides is 2. The minimum Gasteiger partial charge on any atom is -0.481 e. The average Bonchev–Trinajstić information content (AvgIpc) is 3.07. The van der Waals surface area contributed by atoms with Crippen LogP contribution >= 0.6 is 0 Å². The number of carboxylic acid groups (broad SMARTS) is 1. The fourth-order valence-corrected chi connectivity index (χ4v) is 2.81. The number of carbonyl (C=O) groups is 3. The van der Waals surface area contributed by atoms with Crippen LogP contribution in [0.1, 0.15) is 23.2 Å². The van der Waals surface area contributed by atoms with Crippen molar-refractivity contribution in [2.24, 2.45) is 5.92 Å². The fourth-order valence-electron chi connectivity index (χ4n) is 2.81. The largest absolute Gasteiger partial charge is 0.481 e. The molecule has 2 amide bonds. The lowest BCUT2D eigenvalue weighted by atomic mass is 9.98. The molecule has 0 radical (unpaired) electrons. The van der Waals surface area contributed by atoms with Gasteiger partial charge in [-0.05, 0) is 31.0 Å². The minimum atomic E-state index is -0.892. The van der Waals surface area contributed by atoms with Gasteiger partial charge in [-0.3, -0.25) is 14.4 Å². The summed E-state index contributed by atoms with van der Waals surface area (Å²) < 4.78 is 10.4. The minimum absolute atomic E-state index is 0.124. The predicted molar refractivity (Wildman–Crippen MR) is 81.8 cm³/mol. The van der Waals surface area contributed by atoms with Gasteiger partial charge in [-0.15, -0.1) is 0 Å². The lowest BCUT2D eigenvalue weighted by molar-refractivity contribution is -0.145. The van der Waals surface area contributed by atoms with Gasteiger partial charge in [-0.2, -0.15) is 0 Å². The molecule has 8 heteroatoms. The summed E-state index contributed by atoms with van der Waals surface area (Å²) in [6, 6.07) is 4.79. The van der Waals surface area contributed by atoms with Crippen LogP contribution in [0.15, 0.2) is 18.2 Å². The highest BCUT2D eigenvalue weighted by atomic mass is 16.7. The zero-order valence-electron chi connectivity index (χ0n) is 13.0. The molecule has 2 heterocycles. The van der Waals surface area contributed by atoms with E-state index in [1.54, 1.807) is 18.2 Å². The van der Waals surface area contributed by atoms with E-state index in [9.17, 15) is 14.4 Å². The Morgan fingerprint density at radius 3 is 2.83 bits per heavy atom. The number of benzene rings is 1. The molecule has 0 saturated carbocycles. The molecule has 3 rings (SSSR count). The van der Waals surface area contributed by atoms with Crippen molar-refractivity contribution in [2.75, 3.05) is 26.4 Å². The van der Waals surface area contributed by atoms with Crippen LogP contribution in [0.4, 0.5) is 0 Å². The van der Waals surface area contributed by atoms with E-state index in [1.165, 1.54) is 4.90 Å². The van der Waals surface area contributed by atoms with Crippen LogP contribution in [0, 0.1) is 5.92 Å². The summed E-state index contributed by atoms with van der Waals surface area (Å²) in [5.74, 6) is -1.03. The van der Waals surface area contributed by atoms with Crippen LogP contribution in [0.5, 0.6) is 11.5 Å². The highest BCUT2D eigenvalue weighted by molar-refractivity contribution is 5.97. The molecule has 8 nitrogen and oxygen atoms in total. The maximum atomic E-state index is 12.2. The van der Waals surface area contributed by atoms with Crippen molar-refractivity contribution in [2.45, 2.75) is 12.8 Å². The molecule has 1 unspecified atom stereocenters. The maximum Gasteiger partial charge on any atom is 0.308 e. The quantitative estimate of drug-likeness (QED) is 0.829. The number of aliphatic carboxylic acids is 1. The molecule has 0 spiro atoms. The van der Waals surface area contributed by atoms with Crippen LogP contribution in [-0.4, -0.2) is 54.2 Å². The van der Waals surface area contributed by atoms with Crippen molar-refractivity contribution < 1.29 is 29.0 Å². The molecule has 1 saturated heterocycles. The molecule has 0 aliphatic carbocycles. The molecule has 1 aromatic carbocycles. The lowest BCUT2D eigenvalue weighted by Crippen LogP contribution is -2.46. The van der Waals surface area contributed by atoms with Gasteiger partial charge in [-0.25, -0.2) is 0 Å². The van der Waals surface area contributed by atoms with E-state index in [0.29, 0.717) is 36.4 Å². The first-order chi connectivity index (χ1) is 11.5. The average molecular weight is 334 g/mol. The third kappa shape index (κ3) is 3.42. The lowest BCUT2D eigenvalue weighted by Gasteiger charge is -2.30. The molecule has 2 aliphatic heterocycles. The number of hydrogen-bond acceptors (Lipinski definition) is 5. The summed E-state index contributed by atoms with van der Waals surface area (Å²) in [5.41, 5.74) is 0.370. The second kappa shape index (κ2) is 6.77. The molecular weight excluding hydrogens is 316 g/mol. The van der Waals surface area contributed by atoms with Crippen LogP contribution in [0.2, 0.25) is 0 Å². The summed E-state index contributed by atoms with van der Waals surface area (Å²) in [7, 11) is 0. The standard InChI is InChI=1S/C16H18N2O6/c19-14(18-5-1-2-11(8-18)16(21)22)7-17-15(20)10-3-4-12-13(6-10)24-9-23-12/h3-4,6,11H,1-2,5,7-9H2,(H,17,20)(H,21,22). The first-order valence-corrected chi connectivity index (χ1v) is 7.73. The van der Waals surface area contributed by atoms with E-state index in [2.05, 4.69) is 5.32 Å². The Morgan fingerprint density at radius 1 is 1.25 bits per heavy atom. The van der Waals surface area contributed by atoms with E-state index in [-0.39, 0.29) is 25.8 Å². The number of ether oxygens (including phenoxy) is 2. The van der Waals surface area contributed by atoms with Gasteiger partial charge in [0.15, 0.2) is 11.5 Å². The summed E-state index contributed by atoms with van der Waals surface area (Å²) in [6.07, 6.45) is 1.22. The summed E-state index contributed by atoms with van der Waals surface area (Å²) in [5, 5.41) is 11.6.